The highest BCUT2D eigenvalue weighted by molar-refractivity contribution is 5.82. The second kappa shape index (κ2) is 7.50. The van der Waals surface area contributed by atoms with Crippen molar-refractivity contribution < 1.29 is 14.7 Å². The van der Waals surface area contributed by atoms with Crippen LogP contribution in [0.4, 0.5) is 4.79 Å². The molecule has 1 saturated heterocycles. The van der Waals surface area contributed by atoms with Gasteiger partial charge in [0.2, 0.25) is 0 Å². The Morgan fingerprint density at radius 2 is 2.00 bits per heavy atom. The maximum atomic E-state index is 12.2. The first-order valence-corrected chi connectivity index (χ1v) is 7.64. The van der Waals surface area contributed by atoms with E-state index in [9.17, 15) is 14.7 Å². The van der Waals surface area contributed by atoms with E-state index in [4.69, 9.17) is 0 Å². The fraction of sp³-hybridized carbons (Fsp3) is 0.867. The molecule has 1 fully saturated rings. The molecule has 2 amide bonds. The first kappa shape index (κ1) is 16.8. The highest BCUT2D eigenvalue weighted by Crippen LogP contribution is 2.25. The third-order valence-electron chi connectivity index (χ3n) is 4.55. The molecule has 0 radical (unpaired) electrons. The molecule has 1 rings (SSSR count). The van der Waals surface area contributed by atoms with Gasteiger partial charge in [-0.15, -0.1) is 0 Å². The van der Waals surface area contributed by atoms with Crippen LogP contribution < -0.4 is 5.32 Å². The molecular formula is C15H28N2O3. The molecule has 0 aromatic rings. The number of hydrogen-bond donors (Lipinski definition) is 2. The molecule has 3 atom stereocenters. The van der Waals surface area contributed by atoms with E-state index in [-0.39, 0.29) is 6.03 Å². The Labute approximate surface area is 121 Å². The average Bonchev–Trinajstić information content (AvgIpc) is 2.43. The largest absolute Gasteiger partial charge is 0.480 e. The van der Waals surface area contributed by atoms with Crippen LogP contribution in [-0.4, -0.2) is 41.1 Å². The van der Waals surface area contributed by atoms with E-state index in [0.29, 0.717) is 37.3 Å². The van der Waals surface area contributed by atoms with Crippen molar-refractivity contribution in [3.05, 3.63) is 0 Å². The summed E-state index contributed by atoms with van der Waals surface area (Å²) in [7, 11) is 0. The van der Waals surface area contributed by atoms with Gasteiger partial charge < -0.3 is 15.3 Å². The van der Waals surface area contributed by atoms with E-state index in [1.54, 1.807) is 0 Å². The van der Waals surface area contributed by atoms with Crippen LogP contribution in [0.5, 0.6) is 0 Å². The van der Waals surface area contributed by atoms with E-state index in [1.165, 1.54) is 4.90 Å². The smallest absolute Gasteiger partial charge is 0.326 e. The number of hydrogen-bond acceptors (Lipinski definition) is 2. The fourth-order valence-corrected chi connectivity index (χ4v) is 2.47. The lowest BCUT2D eigenvalue weighted by atomic mass is 9.89. The number of urea groups is 1. The maximum Gasteiger partial charge on any atom is 0.326 e. The summed E-state index contributed by atoms with van der Waals surface area (Å²) in [6.45, 7) is 9.52. The summed E-state index contributed by atoms with van der Waals surface area (Å²) >= 11 is 0. The van der Waals surface area contributed by atoms with Gasteiger partial charge >= 0.3 is 12.0 Å². The summed E-state index contributed by atoms with van der Waals surface area (Å²) in [5.41, 5.74) is 0. The molecule has 0 bridgehead atoms. The van der Waals surface area contributed by atoms with Gasteiger partial charge in [0, 0.05) is 13.1 Å². The van der Waals surface area contributed by atoms with Crippen molar-refractivity contribution >= 4 is 12.0 Å². The number of rotatable bonds is 5. The van der Waals surface area contributed by atoms with Gasteiger partial charge in [0.15, 0.2) is 0 Å². The number of nitrogens with one attached hydrogen (secondary N) is 1. The molecule has 2 N–H and O–H groups in total. The predicted molar refractivity (Wildman–Crippen MR) is 78.5 cm³/mol. The molecule has 0 aromatic heterocycles. The molecular weight excluding hydrogens is 256 g/mol. The minimum Gasteiger partial charge on any atom is -0.480 e. The molecule has 1 aliphatic heterocycles. The van der Waals surface area contributed by atoms with Gasteiger partial charge in [-0.3, -0.25) is 0 Å². The van der Waals surface area contributed by atoms with Crippen molar-refractivity contribution in [3.63, 3.8) is 0 Å². The lowest BCUT2D eigenvalue weighted by Gasteiger charge is -2.37. The summed E-state index contributed by atoms with van der Waals surface area (Å²) in [4.78, 5) is 25.0. The number of carboxylic acids is 1. The SMILES string of the molecule is CCC1CCN(C(=O)NCC(C)C(C)C)C(C(=O)O)C1. The molecule has 0 aliphatic carbocycles. The van der Waals surface area contributed by atoms with Gasteiger partial charge in [-0.05, 0) is 30.6 Å². The minimum atomic E-state index is -0.893. The van der Waals surface area contributed by atoms with Crippen molar-refractivity contribution in [1.82, 2.24) is 10.2 Å². The standard InChI is InChI=1S/C15H28N2O3/c1-5-12-6-7-17(13(8-12)14(18)19)15(20)16-9-11(4)10(2)3/h10-13H,5-9H2,1-4H3,(H,16,20)(H,18,19). The average molecular weight is 284 g/mol. The summed E-state index contributed by atoms with van der Waals surface area (Å²) in [6.07, 6.45) is 2.44. The Morgan fingerprint density at radius 3 is 2.50 bits per heavy atom. The highest BCUT2D eigenvalue weighted by atomic mass is 16.4. The molecule has 5 nitrogen and oxygen atoms in total. The zero-order valence-corrected chi connectivity index (χ0v) is 13.1. The van der Waals surface area contributed by atoms with Gasteiger partial charge in [0.1, 0.15) is 6.04 Å². The molecule has 1 heterocycles. The first-order valence-electron chi connectivity index (χ1n) is 7.64. The Hall–Kier alpha value is -1.26. The number of nitrogens with zero attached hydrogens (tertiary/aromatic N) is 1. The maximum absolute atomic E-state index is 12.2. The third kappa shape index (κ3) is 4.39. The second-order valence-electron chi connectivity index (χ2n) is 6.25. The Morgan fingerprint density at radius 1 is 1.35 bits per heavy atom. The molecule has 0 saturated carbocycles. The quantitative estimate of drug-likeness (QED) is 0.815. The first-order chi connectivity index (χ1) is 9.36. The van der Waals surface area contributed by atoms with Crippen LogP contribution in [0.2, 0.25) is 0 Å². The Kier molecular flexibility index (Phi) is 6.30. The van der Waals surface area contributed by atoms with Crippen LogP contribution in [0.25, 0.3) is 0 Å². The van der Waals surface area contributed by atoms with E-state index in [0.717, 1.165) is 12.8 Å². The van der Waals surface area contributed by atoms with Crippen LogP contribution in [0.15, 0.2) is 0 Å². The van der Waals surface area contributed by atoms with Gasteiger partial charge in [0.25, 0.3) is 0 Å². The van der Waals surface area contributed by atoms with Crippen LogP contribution in [0.1, 0.15) is 47.0 Å². The predicted octanol–water partition coefficient (Wildman–Crippen LogP) is 2.56. The minimum absolute atomic E-state index is 0.237. The molecule has 0 spiro atoms. The summed E-state index contributed by atoms with van der Waals surface area (Å²) in [5, 5.41) is 12.2. The molecule has 3 unspecified atom stereocenters. The van der Waals surface area contributed by atoms with Crippen molar-refractivity contribution in [2.75, 3.05) is 13.1 Å². The van der Waals surface area contributed by atoms with Crippen molar-refractivity contribution in [2.45, 2.75) is 53.0 Å². The lowest BCUT2D eigenvalue weighted by molar-refractivity contribution is -0.144. The van der Waals surface area contributed by atoms with E-state index in [2.05, 4.69) is 33.0 Å². The molecule has 0 aromatic carbocycles. The van der Waals surface area contributed by atoms with Gasteiger partial charge in [0.05, 0.1) is 0 Å². The summed E-state index contributed by atoms with van der Waals surface area (Å²) in [5.74, 6) is 0.400. The molecule has 20 heavy (non-hydrogen) atoms. The fourth-order valence-electron chi connectivity index (χ4n) is 2.47. The zero-order valence-electron chi connectivity index (χ0n) is 13.1. The number of likely N-dealkylation sites (tertiary alicyclic amines) is 1. The van der Waals surface area contributed by atoms with E-state index >= 15 is 0 Å². The number of aliphatic carboxylic acids is 1. The molecule has 116 valence electrons. The van der Waals surface area contributed by atoms with Crippen molar-refractivity contribution in [3.8, 4) is 0 Å². The topological polar surface area (TPSA) is 69.6 Å². The Bertz CT molecular complexity index is 344. The van der Waals surface area contributed by atoms with Crippen molar-refractivity contribution in [1.29, 1.82) is 0 Å². The van der Waals surface area contributed by atoms with Crippen LogP contribution in [0, 0.1) is 17.8 Å². The highest BCUT2D eigenvalue weighted by Gasteiger charge is 2.35. The lowest BCUT2D eigenvalue weighted by Crippen LogP contribution is -2.54. The van der Waals surface area contributed by atoms with Crippen molar-refractivity contribution in [2.24, 2.45) is 17.8 Å². The normalized spacial score (nSPS) is 24.6. The summed E-state index contributed by atoms with van der Waals surface area (Å²) < 4.78 is 0. The molecule has 5 heteroatoms. The molecule has 1 aliphatic rings. The monoisotopic (exact) mass is 284 g/mol. The van der Waals surface area contributed by atoms with E-state index < -0.39 is 12.0 Å². The Balaban J connectivity index is 2.59. The number of piperidine rings is 1. The van der Waals surface area contributed by atoms with Crippen LogP contribution in [0.3, 0.4) is 0 Å². The third-order valence-corrected chi connectivity index (χ3v) is 4.55. The number of amides is 2. The zero-order chi connectivity index (χ0) is 15.3. The number of carbonyl (C=O) groups is 2. The van der Waals surface area contributed by atoms with Crippen LogP contribution >= 0.6 is 0 Å². The summed E-state index contributed by atoms with van der Waals surface area (Å²) in [6, 6.07) is -0.914. The number of carbonyl (C=O) groups excluding carboxylic acids is 1. The van der Waals surface area contributed by atoms with Gasteiger partial charge in [-0.2, -0.15) is 0 Å². The second-order valence-corrected chi connectivity index (χ2v) is 6.25. The van der Waals surface area contributed by atoms with E-state index in [1.807, 2.05) is 0 Å². The van der Waals surface area contributed by atoms with Gasteiger partial charge in [-0.1, -0.05) is 34.1 Å². The number of carboxylic acid groups (broad SMARTS) is 1. The van der Waals surface area contributed by atoms with Gasteiger partial charge in [-0.25, -0.2) is 9.59 Å². The van der Waals surface area contributed by atoms with Crippen LogP contribution in [-0.2, 0) is 4.79 Å².